The molecule has 0 spiro atoms. The van der Waals surface area contributed by atoms with E-state index in [-0.39, 0.29) is 5.78 Å². The van der Waals surface area contributed by atoms with Gasteiger partial charge in [-0.25, -0.2) is 8.78 Å². The zero-order chi connectivity index (χ0) is 13.6. The van der Waals surface area contributed by atoms with Gasteiger partial charge in [0, 0.05) is 12.8 Å². The van der Waals surface area contributed by atoms with Gasteiger partial charge in [-0.2, -0.15) is 0 Å². The van der Waals surface area contributed by atoms with Gasteiger partial charge in [-0.05, 0) is 38.5 Å². The van der Waals surface area contributed by atoms with Gasteiger partial charge in [0.25, 0.3) is 0 Å². The predicted molar refractivity (Wildman–Crippen MR) is 66.9 cm³/mol. The van der Waals surface area contributed by atoms with E-state index in [9.17, 15) is 18.7 Å². The first-order valence-electron chi connectivity index (χ1n) is 6.61. The van der Waals surface area contributed by atoms with E-state index in [4.69, 9.17) is 0 Å². The summed E-state index contributed by atoms with van der Waals surface area (Å²) in [4.78, 5) is 10.4. The van der Waals surface area contributed by atoms with E-state index in [1.807, 2.05) is 0 Å². The minimum absolute atomic E-state index is 0.221. The third-order valence-electron chi connectivity index (χ3n) is 3.63. The third kappa shape index (κ3) is 5.25. The standard InChI is InChI=1S/C8H13FO.C6H9FO/c1-2-8(10)5-3-7(9)4-6-8;7-5-1-3-6(8)4-2-5/h2,7,10H,1,3-6H2;5H,1-4H2. The number of aliphatic hydroxyl groups is 1. The first kappa shape index (κ1) is 15.3. The van der Waals surface area contributed by atoms with Crippen molar-refractivity contribution in [2.75, 3.05) is 0 Å². The zero-order valence-electron chi connectivity index (χ0n) is 10.7. The lowest BCUT2D eigenvalue weighted by molar-refractivity contribution is -0.121. The quantitative estimate of drug-likeness (QED) is 0.735. The van der Waals surface area contributed by atoms with Crippen LogP contribution < -0.4 is 0 Å². The summed E-state index contributed by atoms with van der Waals surface area (Å²) in [6.07, 6.45) is 3.95. The topological polar surface area (TPSA) is 37.3 Å². The molecule has 4 heteroatoms. The lowest BCUT2D eigenvalue weighted by atomic mass is 9.84. The normalized spacial score (nSPS) is 33.5. The first-order valence-corrected chi connectivity index (χ1v) is 6.61. The summed E-state index contributed by atoms with van der Waals surface area (Å²) in [6, 6.07) is 0. The molecular formula is C14H22F2O2. The number of alkyl halides is 2. The summed E-state index contributed by atoms with van der Waals surface area (Å²) in [5.41, 5.74) is -0.775. The van der Waals surface area contributed by atoms with Crippen LogP contribution >= 0.6 is 0 Å². The molecule has 0 saturated heterocycles. The molecule has 2 fully saturated rings. The van der Waals surface area contributed by atoms with Gasteiger partial charge in [-0.1, -0.05) is 6.08 Å². The molecule has 2 aliphatic rings. The molecule has 2 rings (SSSR count). The monoisotopic (exact) mass is 260 g/mol. The summed E-state index contributed by atoms with van der Waals surface area (Å²) >= 11 is 0. The smallest absolute Gasteiger partial charge is 0.133 e. The number of hydrogen-bond donors (Lipinski definition) is 1. The van der Waals surface area contributed by atoms with Gasteiger partial charge < -0.3 is 5.11 Å². The molecule has 0 heterocycles. The van der Waals surface area contributed by atoms with Crippen molar-refractivity contribution in [3.63, 3.8) is 0 Å². The second-order valence-electron chi connectivity index (χ2n) is 5.20. The van der Waals surface area contributed by atoms with Crippen LogP contribution in [0, 0.1) is 0 Å². The molecule has 2 nitrogen and oxygen atoms in total. The molecule has 2 saturated carbocycles. The lowest BCUT2D eigenvalue weighted by Gasteiger charge is -2.30. The SMILES string of the molecule is C=CC1(O)CCC(F)CC1.O=C1CCC(F)CC1. The highest BCUT2D eigenvalue weighted by Crippen LogP contribution is 2.30. The van der Waals surface area contributed by atoms with Crippen LogP contribution in [0.1, 0.15) is 51.4 Å². The molecule has 0 aromatic carbocycles. The lowest BCUT2D eigenvalue weighted by Crippen LogP contribution is -2.31. The average Bonchev–Trinajstić information content (AvgIpc) is 2.38. The van der Waals surface area contributed by atoms with Crippen molar-refractivity contribution in [3.05, 3.63) is 12.7 Å². The van der Waals surface area contributed by atoms with Crippen molar-refractivity contribution in [3.8, 4) is 0 Å². The Morgan fingerprint density at radius 3 is 1.94 bits per heavy atom. The van der Waals surface area contributed by atoms with Gasteiger partial charge in [0.05, 0.1) is 5.60 Å². The Labute approximate surface area is 107 Å². The minimum Gasteiger partial charge on any atom is -0.386 e. The summed E-state index contributed by atoms with van der Waals surface area (Å²) in [5.74, 6) is 0.221. The highest BCUT2D eigenvalue weighted by molar-refractivity contribution is 5.79. The number of carbonyl (C=O) groups excluding carboxylic acids is 1. The average molecular weight is 260 g/mol. The van der Waals surface area contributed by atoms with Crippen molar-refractivity contribution >= 4 is 5.78 Å². The Morgan fingerprint density at radius 1 is 1.11 bits per heavy atom. The fourth-order valence-corrected chi connectivity index (χ4v) is 2.19. The van der Waals surface area contributed by atoms with E-state index in [1.165, 1.54) is 6.08 Å². The molecule has 0 bridgehead atoms. The van der Waals surface area contributed by atoms with Crippen LogP contribution in [0.2, 0.25) is 0 Å². The summed E-state index contributed by atoms with van der Waals surface area (Å²) in [7, 11) is 0. The summed E-state index contributed by atoms with van der Waals surface area (Å²) in [5, 5.41) is 9.51. The van der Waals surface area contributed by atoms with Gasteiger partial charge in [0.1, 0.15) is 18.1 Å². The Hall–Kier alpha value is -0.770. The molecule has 0 unspecified atom stereocenters. The number of ketones is 1. The van der Waals surface area contributed by atoms with E-state index in [0.717, 1.165) is 0 Å². The van der Waals surface area contributed by atoms with E-state index < -0.39 is 17.9 Å². The first-order chi connectivity index (χ1) is 8.45. The number of Topliss-reactive ketones (excluding diaryl/α,β-unsaturated/α-hetero) is 1. The van der Waals surface area contributed by atoms with Crippen molar-refractivity contribution in [1.82, 2.24) is 0 Å². The Balaban J connectivity index is 0.000000184. The van der Waals surface area contributed by atoms with Crippen molar-refractivity contribution in [2.45, 2.75) is 69.3 Å². The molecule has 0 radical (unpaired) electrons. The third-order valence-corrected chi connectivity index (χ3v) is 3.63. The predicted octanol–water partition coefficient (Wildman–Crippen LogP) is 3.28. The Morgan fingerprint density at radius 2 is 1.56 bits per heavy atom. The van der Waals surface area contributed by atoms with Crippen LogP contribution in [-0.2, 0) is 4.79 Å². The van der Waals surface area contributed by atoms with Crippen molar-refractivity contribution < 1.29 is 18.7 Å². The van der Waals surface area contributed by atoms with Crippen LogP contribution in [0.15, 0.2) is 12.7 Å². The minimum atomic E-state index is -0.775. The maximum Gasteiger partial charge on any atom is 0.133 e. The van der Waals surface area contributed by atoms with Gasteiger partial charge in [0.15, 0.2) is 0 Å². The van der Waals surface area contributed by atoms with Gasteiger partial charge >= 0.3 is 0 Å². The molecule has 1 N–H and O–H groups in total. The van der Waals surface area contributed by atoms with Gasteiger partial charge in [-0.3, -0.25) is 4.79 Å². The summed E-state index contributed by atoms with van der Waals surface area (Å²) < 4.78 is 24.7. The molecule has 104 valence electrons. The van der Waals surface area contributed by atoms with Crippen molar-refractivity contribution in [1.29, 1.82) is 0 Å². The Bertz CT molecular complexity index is 274. The second-order valence-corrected chi connectivity index (χ2v) is 5.20. The molecule has 0 atom stereocenters. The number of rotatable bonds is 1. The molecule has 0 amide bonds. The fraction of sp³-hybridized carbons (Fsp3) is 0.786. The maximum absolute atomic E-state index is 12.5. The van der Waals surface area contributed by atoms with E-state index in [2.05, 4.69) is 6.58 Å². The Kier molecular flexibility index (Phi) is 5.93. The zero-order valence-corrected chi connectivity index (χ0v) is 10.7. The second kappa shape index (κ2) is 6.98. The van der Waals surface area contributed by atoms with Crippen molar-refractivity contribution in [2.24, 2.45) is 0 Å². The van der Waals surface area contributed by atoms with Crippen LogP contribution in [0.5, 0.6) is 0 Å². The number of halogens is 2. The van der Waals surface area contributed by atoms with Crippen LogP contribution in [0.4, 0.5) is 8.78 Å². The molecular weight excluding hydrogens is 238 g/mol. The number of hydrogen-bond acceptors (Lipinski definition) is 2. The number of carbonyl (C=O) groups is 1. The van der Waals surface area contributed by atoms with Gasteiger partial charge in [0.2, 0.25) is 0 Å². The summed E-state index contributed by atoms with van der Waals surface area (Å²) in [6.45, 7) is 3.51. The van der Waals surface area contributed by atoms with E-state index >= 15 is 0 Å². The molecule has 0 aromatic rings. The fourth-order valence-electron chi connectivity index (χ4n) is 2.19. The largest absolute Gasteiger partial charge is 0.386 e. The molecule has 0 aromatic heterocycles. The molecule has 18 heavy (non-hydrogen) atoms. The maximum atomic E-state index is 12.5. The van der Waals surface area contributed by atoms with E-state index in [1.54, 1.807) is 0 Å². The molecule has 2 aliphatic carbocycles. The highest BCUT2D eigenvalue weighted by Gasteiger charge is 2.29. The van der Waals surface area contributed by atoms with Gasteiger partial charge in [-0.15, -0.1) is 6.58 Å². The molecule has 0 aliphatic heterocycles. The van der Waals surface area contributed by atoms with Crippen LogP contribution in [0.25, 0.3) is 0 Å². The highest BCUT2D eigenvalue weighted by atomic mass is 19.1. The van der Waals surface area contributed by atoms with E-state index in [0.29, 0.717) is 51.4 Å². The van der Waals surface area contributed by atoms with Crippen LogP contribution in [0.3, 0.4) is 0 Å². The van der Waals surface area contributed by atoms with Crippen LogP contribution in [-0.4, -0.2) is 28.8 Å².